The third-order valence-electron chi connectivity index (χ3n) is 6.20. The van der Waals surface area contributed by atoms with Crippen LogP contribution in [0.4, 0.5) is 22.4 Å². The Bertz CT molecular complexity index is 1110. The van der Waals surface area contributed by atoms with E-state index in [0.29, 0.717) is 18.4 Å². The second-order valence-electron chi connectivity index (χ2n) is 10.6. The molecule has 1 N–H and O–H groups in total. The number of alkyl carbamates (subject to hydrolysis) is 1. The molecule has 6 nitrogen and oxygen atoms in total. The first-order chi connectivity index (χ1) is 18.6. The summed E-state index contributed by atoms with van der Waals surface area (Å²) in [7, 11) is 1.37. The summed E-state index contributed by atoms with van der Waals surface area (Å²) < 4.78 is 68.7. The van der Waals surface area contributed by atoms with Crippen LogP contribution >= 0.6 is 0 Å². The number of alkyl halides is 3. The highest BCUT2D eigenvalue weighted by Gasteiger charge is 2.33. The standard InChI is InChI=1S/C30H37F4NO5/c1-7-22(16-20-8-12-23(13-9-20)30(32,33)34)25(17-21-10-14-24(31)15-11-21)19(2)39-27(36)26(18-38-6)35-28(37)40-29(3,4)5/h7-15,19,22,25-26H,1,16-18H2,2-6H3,(H,35,37)/t19-,22+,25-,26-/m0/s1. The van der Waals surface area contributed by atoms with Gasteiger partial charge in [-0.25, -0.2) is 14.0 Å². The molecule has 2 aromatic carbocycles. The first kappa shape index (κ1) is 32.8. The van der Waals surface area contributed by atoms with Gasteiger partial charge in [-0.3, -0.25) is 0 Å². The van der Waals surface area contributed by atoms with Crippen LogP contribution in [0.15, 0.2) is 61.2 Å². The van der Waals surface area contributed by atoms with Gasteiger partial charge in [0, 0.05) is 13.0 Å². The minimum atomic E-state index is -4.45. The molecule has 0 aliphatic rings. The van der Waals surface area contributed by atoms with Gasteiger partial charge in [0.2, 0.25) is 0 Å². The highest BCUT2D eigenvalue weighted by Crippen LogP contribution is 2.31. The maximum absolute atomic E-state index is 13.5. The lowest BCUT2D eigenvalue weighted by molar-refractivity contribution is -0.155. The highest BCUT2D eigenvalue weighted by molar-refractivity contribution is 5.81. The molecule has 2 rings (SSSR count). The van der Waals surface area contributed by atoms with Crippen molar-refractivity contribution in [1.29, 1.82) is 0 Å². The van der Waals surface area contributed by atoms with Crippen LogP contribution in [0.25, 0.3) is 0 Å². The first-order valence-corrected chi connectivity index (χ1v) is 12.8. The van der Waals surface area contributed by atoms with Gasteiger partial charge in [0.15, 0.2) is 6.04 Å². The van der Waals surface area contributed by atoms with Crippen LogP contribution < -0.4 is 5.32 Å². The molecule has 0 aliphatic carbocycles. The van der Waals surface area contributed by atoms with Crippen molar-refractivity contribution in [3.63, 3.8) is 0 Å². The van der Waals surface area contributed by atoms with E-state index < -0.39 is 47.4 Å². The minimum absolute atomic E-state index is 0.163. The van der Waals surface area contributed by atoms with Crippen LogP contribution in [0.1, 0.15) is 44.4 Å². The summed E-state index contributed by atoms with van der Waals surface area (Å²) in [5.41, 5.74) is -0.120. The zero-order chi connectivity index (χ0) is 30.1. The summed E-state index contributed by atoms with van der Waals surface area (Å²) in [6.45, 7) is 10.5. The largest absolute Gasteiger partial charge is 0.461 e. The van der Waals surface area contributed by atoms with Crippen molar-refractivity contribution in [3.05, 3.63) is 83.7 Å². The van der Waals surface area contributed by atoms with Crippen molar-refractivity contribution < 1.29 is 41.4 Å². The van der Waals surface area contributed by atoms with Crippen molar-refractivity contribution in [2.75, 3.05) is 13.7 Å². The van der Waals surface area contributed by atoms with Gasteiger partial charge in [-0.05, 0) is 81.8 Å². The van der Waals surface area contributed by atoms with Crippen LogP contribution in [0.2, 0.25) is 0 Å². The van der Waals surface area contributed by atoms with Gasteiger partial charge in [-0.2, -0.15) is 13.2 Å². The quantitative estimate of drug-likeness (QED) is 0.180. The van der Waals surface area contributed by atoms with Gasteiger partial charge in [-0.1, -0.05) is 30.3 Å². The summed E-state index contributed by atoms with van der Waals surface area (Å²) >= 11 is 0. The van der Waals surface area contributed by atoms with Gasteiger partial charge in [0.25, 0.3) is 0 Å². The fourth-order valence-corrected chi connectivity index (χ4v) is 4.21. The number of esters is 1. The van der Waals surface area contributed by atoms with E-state index in [2.05, 4.69) is 11.9 Å². The molecule has 40 heavy (non-hydrogen) atoms. The lowest BCUT2D eigenvalue weighted by Gasteiger charge is -2.31. The number of methoxy groups -OCH3 is 1. The Morgan fingerprint density at radius 3 is 2.02 bits per heavy atom. The number of halogens is 4. The van der Waals surface area contributed by atoms with E-state index in [1.165, 1.54) is 31.4 Å². The molecule has 1 amide bonds. The van der Waals surface area contributed by atoms with E-state index in [0.717, 1.165) is 17.7 Å². The van der Waals surface area contributed by atoms with E-state index in [1.54, 1.807) is 45.9 Å². The maximum atomic E-state index is 13.5. The number of amides is 1. The summed E-state index contributed by atoms with van der Waals surface area (Å²) in [5, 5.41) is 2.46. The Balaban J connectivity index is 2.27. The molecular formula is C30H37F4NO5. The molecule has 0 heterocycles. The zero-order valence-corrected chi connectivity index (χ0v) is 23.4. The van der Waals surface area contributed by atoms with Crippen LogP contribution in [-0.2, 0) is 38.0 Å². The SMILES string of the molecule is C=C[C@H](Cc1ccc(C(F)(F)F)cc1)[C@@H](Cc1ccc(F)cc1)[C@H](C)OC(=O)[C@H](COC)NC(=O)OC(C)(C)C. The van der Waals surface area contributed by atoms with Crippen molar-refractivity contribution in [3.8, 4) is 0 Å². The van der Waals surface area contributed by atoms with Gasteiger partial charge in [0.05, 0.1) is 12.2 Å². The fourth-order valence-electron chi connectivity index (χ4n) is 4.21. The Labute approximate surface area is 232 Å². The Morgan fingerprint density at radius 1 is 0.975 bits per heavy atom. The molecule has 2 aromatic rings. The predicted octanol–water partition coefficient (Wildman–Crippen LogP) is 6.52. The van der Waals surface area contributed by atoms with E-state index in [-0.39, 0.29) is 18.4 Å². The number of carbonyl (C=O) groups excluding carboxylic acids is 2. The van der Waals surface area contributed by atoms with Crippen LogP contribution in [-0.4, -0.2) is 43.5 Å². The maximum Gasteiger partial charge on any atom is 0.416 e. The van der Waals surface area contributed by atoms with Crippen LogP contribution in [0.3, 0.4) is 0 Å². The Kier molecular flexibility index (Phi) is 11.7. The molecule has 220 valence electrons. The second-order valence-corrected chi connectivity index (χ2v) is 10.6. The van der Waals surface area contributed by atoms with Crippen molar-refractivity contribution >= 4 is 12.1 Å². The number of benzene rings is 2. The second kappa shape index (κ2) is 14.3. The Hall–Kier alpha value is -3.40. The molecule has 0 saturated carbocycles. The normalized spacial score (nSPS) is 14.9. The number of rotatable bonds is 12. The van der Waals surface area contributed by atoms with Crippen LogP contribution in [0, 0.1) is 17.7 Å². The summed E-state index contributed by atoms with van der Waals surface area (Å²) in [6.07, 6.45) is -3.63. The molecule has 0 aliphatic heterocycles. The van der Waals surface area contributed by atoms with E-state index in [9.17, 15) is 27.2 Å². The third kappa shape index (κ3) is 10.6. The number of hydrogen-bond acceptors (Lipinski definition) is 5. The lowest BCUT2D eigenvalue weighted by atomic mass is 9.79. The number of hydrogen-bond donors (Lipinski definition) is 1. The molecule has 0 aromatic heterocycles. The molecule has 0 fully saturated rings. The van der Waals surface area contributed by atoms with Gasteiger partial charge >= 0.3 is 18.2 Å². The van der Waals surface area contributed by atoms with E-state index in [4.69, 9.17) is 14.2 Å². The van der Waals surface area contributed by atoms with E-state index in [1.807, 2.05) is 0 Å². The molecular weight excluding hydrogens is 530 g/mol. The smallest absolute Gasteiger partial charge is 0.416 e. The number of carbonyl (C=O) groups is 2. The molecule has 0 saturated heterocycles. The number of allylic oxidation sites excluding steroid dienone is 1. The van der Waals surface area contributed by atoms with Gasteiger partial charge in [0.1, 0.15) is 17.5 Å². The average molecular weight is 568 g/mol. The van der Waals surface area contributed by atoms with E-state index >= 15 is 0 Å². The molecule has 4 atom stereocenters. The Morgan fingerprint density at radius 2 is 1.52 bits per heavy atom. The number of ether oxygens (including phenoxy) is 3. The lowest BCUT2D eigenvalue weighted by Crippen LogP contribution is -2.48. The number of nitrogens with one attached hydrogen (secondary N) is 1. The predicted molar refractivity (Wildman–Crippen MR) is 143 cm³/mol. The van der Waals surface area contributed by atoms with Gasteiger partial charge < -0.3 is 19.5 Å². The summed E-state index contributed by atoms with van der Waals surface area (Å²) in [4.78, 5) is 25.4. The van der Waals surface area contributed by atoms with Gasteiger partial charge in [-0.15, -0.1) is 6.58 Å². The van der Waals surface area contributed by atoms with Crippen LogP contribution in [0.5, 0.6) is 0 Å². The molecule has 10 heteroatoms. The average Bonchev–Trinajstić information content (AvgIpc) is 2.85. The third-order valence-corrected chi connectivity index (χ3v) is 6.20. The van der Waals surface area contributed by atoms with Crippen molar-refractivity contribution in [2.24, 2.45) is 11.8 Å². The molecule has 0 spiro atoms. The molecule has 0 radical (unpaired) electrons. The molecule has 0 bridgehead atoms. The van der Waals surface area contributed by atoms with Crippen molar-refractivity contribution in [1.82, 2.24) is 5.32 Å². The summed E-state index contributed by atoms with van der Waals surface area (Å²) in [5.74, 6) is -1.87. The topological polar surface area (TPSA) is 73.9 Å². The minimum Gasteiger partial charge on any atom is -0.461 e. The first-order valence-electron chi connectivity index (χ1n) is 12.8. The van der Waals surface area contributed by atoms with Crippen molar-refractivity contribution in [2.45, 2.75) is 64.5 Å². The fraction of sp³-hybridized carbons (Fsp3) is 0.467. The zero-order valence-electron chi connectivity index (χ0n) is 23.4. The molecule has 0 unspecified atom stereocenters. The monoisotopic (exact) mass is 567 g/mol. The highest BCUT2D eigenvalue weighted by atomic mass is 19.4. The summed E-state index contributed by atoms with van der Waals surface area (Å²) in [6, 6.07) is 9.58.